The Morgan fingerprint density at radius 1 is 1.04 bits per heavy atom. The lowest BCUT2D eigenvalue weighted by Crippen LogP contribution is -2.69. The van der Waals surface area contributed by atoms with Crippen LogP contribution < -0.4 is 20.3 Å². The minimum atomic E-state index is -0.644. The lowest BCUT2D eigenvalue weighted by atomic mass is 9.87. The van der Waals surface area contributed by atoms with Crippen molar-refractivity contribution in [2.75, 3.05) is 18.0 Å². The highest BCUT2D eigenvalue weighted by Crippen LogP contribution is 2.39. The van der Waals surface area contributed by atoms with Crippen molar-refractivity contribution in [1.29, 1.82) is 5.26 Å². The quantitative estimate of drug-likeness (QED) is 0.318. The van der Waals surface area contributed by atoms with E-state index >= 15 is 0 Å². The molecule has 1 saturated carbocycles. The zero-order chi connectivity index (χ0) is 36.1. The van der Waals surface area contributed by atoms with Crippen molar-refractivity contribution in [3.05, 3.63) is 79.9 Å². The van der Waals surface area contributed by atoms with Gasteiger partial charge < -0.3 is 19.9 Å². The molecule has 2 aromatic carbocycles. The second kappa shape index (κ2) is 14.1. The summed E-state index contributed by atoms with van der Waals surface area (Å²) in [6.45, 7) is 2.73. The van der Waals surface area contributed by atoms with Gasteiger partial charge in [-0.1, -0.05) is 33.6 Å². The van der Waals surface area contributed by atoms with E-state index in [9.17, 15) is 19.2 Å². The minimum Gasteiger partial charge on any atom is -0.490 e. The fourth-order valence-corrected chi connectivity index (χ4v) is 9.05. The number of anilines is 1. The van der Waals surface area contributed by atoms with Crippen molar-refractivity contribution in [2.45, 2.75) is 88.3 Å². The van der Waals surface area contributed by atoms with Crippen LogP contribution in [-0.4, -0.2) is 87.0 Å². The molecule has 6 aliphatic rings. The molecule has 6 heterocycles. The van der Waals surface area contributed by atoms with Gasteiger partial charge >= 0.3 is 0 Å². The van der Waals surface area contributed by atoms with Crippen LogP contribution in [0.3, 0.4) is 0 Å². The second-order valence-electron chi connectivity index (χ2n) is 14.2. The lowest BCUT2D eigenvalue weighted by molar-refractivity contribution is -0.136. The Labute approximate surface area is 313 Å². The molecule has 3 unspecified atom stereocenters. The van der Waals surface area contributed by atoms with Crippen molar-refractivity contribution in [2.24, 2.45) is 0 Å². The number of rotatable bonds is 8. The first-order chi connectivity index (χ1) is 25.1. The highest BCUT2D eigenvalue weighted by atomic mass is 79.9. The van der Waals surface area contributed by atoms with Crippen LogP contribution in [0.25, 0.3) is 0 Å². The molecule has 2 N–H and O–H groups in total. The molecule has 4 amide bonds. The number of aromatic nitrogens is 2. The van der Waals surface area contributed by atoms with Crippen LogP contribution in [0, 0.1) is 11.3 Å². The third kappa shape index (κ3) is 6.61. The van der Waals surface area contributed by atoms with E-state index in [2.05, 4.69) is 46.6 Å². The molecule has 5 aliphatic heterocycles. The van der Waals surface area contributed by atoms with E-state index in [1.807, 2.05) is 24.3 Å². The van der Waals surface area contributed by atoms with Crippen molar-refractivity contribution >= 4 is 57.0 Å². The Morgan fingerprint density at radius 3 is 2.52 bits per heavy atom. The van der Waals surface area contributed by atoms with Crippen LogP contribution in [0.15, 0.2) is 46.9 Å². The highest BCUT2D eigenvalue weighted by Gasteiger charge is 2.46. The third-order valence-electron chi connectivity index (χ3n) is 10.9. The number of amides is 4. The Balaban J connectivity index is 0.820. The Morgan fingerprint density at radius 2 is 1.83 bits per heavy atom. The molecule has 1 aromatic heterocycles. The zero-order valence-corrected chi connectivity index (χ0v) is 30.5. The standard InChI is InChI=1S/C37H36BrClN8O5/c38-34-21(2-8-27-28(34)19-46(37(27)51)31-10-12-33(48)42-36(31)50)16-45-17-23-13-24(18-45)47(23)32-11-9-30(43-44-32)35(49)41-22-3-6-25(7-4-22)52-26-5-1-20(15-40)29(39)14-26/h1-2,5,8-9,11,14,22-25,31H,3-4,6-7,10,12-13,16-19H2,(H,41,49)(H,42,48,50). The first-order valence-corrected chi connectivity index (χ1v) is 18.8. The minimum absolute atomic E-state index is 0.0153. The van der Waals surface area contributed by atoms with Gasteiger partial charge in [-0.25, -0.2) is 0 Å². The molecule has 5 fully saturated rings. The van der Waals surface area contributed by atoms with Crippen LogP contribution in [0.4, 0.5) is 5.82 Å². The van der Waals surface area contributed by atoms with Gasteiger partial charge in [-0.05, 0) is 80.0 Å². The first-order valence-electron chi connectivity index (χ1n) is 17.6. The smallest absolute Gasteiger partial charge is 0.272 e. The molecule has 13 nitrogen and oxygen atoms in total. The Hall–Kier alpha value is -4.58. The predicted octanol–water partition coefficient (Wildman–Crippen LogP) is 4.11. The molecule has 2 bridgehead atoms. The van der Waals surface area contributed by atoms with Gasteiger partial charge in [0.25, 0.3) is 11.8 Å². The molecule has 3 atom stereocenters. The van der Waals surface area contributed by atoms with E-state index in [0.717, 1.165) is 66.6 Å². The number of halogens is 2. The Bertz CT molecular complexity index is 1990. The number of hydrogen-bond donors (Lipinski definition) is 2. The molecule has 9 rings (SSSR count). The topological polar surface area (TPSA) is 161 Å². The maximum absolute atomic E-state index is 13.2. The zero-order valence-electron chi connectivity index (χ0n) is 28.2. The van der Waals surface area contributed by atoms with Crippen LogP contribution >= 0.6 is 27.5 Å². The highest BCUT2D eigenvalue weighted by molar-refractivity contribution is 9.10. The summed E-state index contributed by atoms with van der Waals surface area (Å²) >= 11 is 9.91. The van der Waals surface area contributed by atoms with Gasteiger partial charge in [-0.2, -0.15) is 5.26 Å². The second-order valence-corrected chi connectivity index (χ2v) is 15.4. The van der Waals surface area contributed by atoms with E-state index in [-0.39, 0.29) is 54.1 Å². The lowest BCUT2D eigenvalue weighted by Gasteiger charge is -2.57. The van der Waals surface area contributed by atoms with Gasteiger partial charge in [0.2, 0.25) is 11.8 Å². The molecule has 3 aromatic rings. The van der Waals surface area contributed by atoms with E-state index in [1.165, 1.54) is 0 Å². The van der Waals surface area contributed by atoms with Crippen LogP contribution in [0.5, 0.6) is 5.75 Å². The summed E-state index contributed by atoms with van der Waals surface area (Å²) in [6, 6.07) is 14.5. The summed E-state index contributed by atoms with van der Waals surface area (Å²) < 4.78 is 6.96. The van der Waals surface area contributed by atoms with Crippen LogP contribution in [0.2, 0.25) is 5.02 Å². The van der Waals surface area contributed by atoms with Crippen molar-refractivity contribution in [3.8, 4) is 11.8 Å². The number of carbonyl (C=O) groups is 4. The van der Waals surface area contributed by atoms with Crippen LogP contribution in [-0.2, 0) is 22.7 Å². The van der Waals surface area contributed by atoms with E-state index in [1.54, 1.807) is 29.2 Å². The number of piperidine rings is 2. The summed E-state index contributed by atoms with van der Waals surface area (Å²) in [7, 11) is 0. The van der Waals surface area contributed by atoms with Crippen molar-refractivity contribution in [3.63, 3.8) is 0 Å². The van der Waals surface area contributed by atoms with Crippen molar-refractivity contribution in [1.82, 2.24) is 30.6 Å². The Kier molecular flexibility index (Phi) is 9.35. The molecular formula is C37H36BrClN8O5. The normalized spacial score (nSPS) is 25.6. The van der Waals surface area contributed by atoms with Gasteiger partial charge in [0.15, 0.2) is 11.5 Å². The third-order valence-corrected chi connectivity index (χ3v) is 12.2. The average Bonchev–Trinajstić information content (AvgIpc) is 3.47. The SMILES string of the molecule is N#Cc1ccc(OC2CCC(NC(=O)c3ccc(N4C5CC4CN(Cc4ccc6c(c4Br)CN(C4CCC(=O)NC4=O)C6=O)C5)nn3)CC2)cc1Cl. The number of nitrogens with one attached hydrogen (secondary N) is 2. The fraction of sp³-hybridized carbons (Fsp3) is 0.432. The molecule has 268 valence electrons. The molecule has 4 saturated heterocycles. The summed E-state index contributed by atoms with van der Waals surface area (Å²) in [5.41, 5.74) is 3.25. The first kappa shape index (κ1) is 34.5. The predicted molar refractivity (Wildman–Crippen MR) is 192 cm³/mol. The van der Waals surface area contributed by atoms with Gasteiger partial charge in [0.1, 0.15) is 17.9 Å². The van der Waals surface area contributed by atoms with E-state index in [0.29, 0.717) is 41.4 Å². The molecule has 0 spiro atoms. The number of nitrogens with zero attached hydrogens (tertiary/aromatic N) is 6. The molecule has 0 radical (unpaired) electrons. The molecule has 1 aliphatic carbocycles. The maximum Gasteiger partial charge on any atom is 0.272 e. The number of piperazine rings is 1. The van der Waals surface area contributed by atoms with Gasteiger partial charge in [0.05, 0.1) is 16.7 Å². The number of fused-ring (bicyclic) bond motifs is 3. The monoisotopic (exact) mass is 786 g/mol. The summed E-state index contributed by atoms with van der Waals surface area (Å²) in [5.74, 6) is 0.269. The molecule has 52 heavy (non-hydrogen) atoms. The maximum atomic E-state index is 13.2. The summed E-state index contributed by atoms with van der Waals surface area (Å²) in [6.07, 6.45) is 4.76. The van der Waals surface area contributed by atoms with Gasteiger partial charge in [0, 0.05) is 66.8 Å². The molecule has 15 heteroatoms. The summed E-state index contributed by atoms with van der Waals surface area (Å²) in [5, 5.41) is 23.7. The van der Waals surface area contributed by atoms with Crippen LogP contribution in [0.1, 0.15) is 82.5 Å². The number of nitriles is 1. The number of ether oxygens (including phenoxy) is 1. The van der Waals surface area contributed by atoms with E-state index in [4.69, 9.17) is 21.6 Å². The number of benzene rings is 2. The largest absolute Gasteiger partial charge is 0.490 e. The van der Waals surface area contributed by atoms with Crippen molar-refractivity contribution < 1.29 is 23.9 Å². The van der Waals surface area contributed by atoms with Gasteiger partial charge in [-0.3, -0.25) is 29.4 Å². The van der Waals surface area contributed by atoms with Gasteiger partial charge in [-0.15, -0.1) is 10.2 Å². The molecular weight excluding hydrogens is 752 g/mol. The fourth-order valence-electron chi connectivity index (χ4n) is 8.24. The number of hydrogen-bond acceptors (Lipinski definition) is 10. The average molecular weight is 788 g/mol. The number of imide groups is 1. The summed E-state index contributed by atoms with van der Waals surface area (Å²) in [4.78, 5) is 56.6. The number of carbonyl (C=O) groups excluding carboxylic acids is 4. The van der Waals surface area contributed by atoms with E-state index < -0.39 is 11.9 Å².